The molecule has 0 fully saturated rings. The molecule has 0 bridgehead atoms. The molecule has 0 spiro atoms. The van der Waals surface area contributed by atoms with Crippen LogP contribution >= 0.6 is 11.6 Å². The van der Waals surface area contributed by atoms with Crippen LogP contribution in [0, 0.1) is 11.3 Å². The maximum Gasteiger partial charge on any atom is 0.256 e. The first-order chi connectivity index (χ1) is 6.70. The average molecular weight is 205 g/mol. The van der Waals surface area contributed by atoms with E-state index in [0.717, 1.165) is 0 Å². The van der Waals surface area contributed by atoms with Crippen molar-refractivity contribution in [3.8, 4) is 6.07 Å². The SMILES string of the molecule is N#Cc1cc2cc(Cl)ccc2c(=O)[nH]1. The molecular formula is C10H5ClN2O. The number of hydrogen-bond acceptors (Lipinski definition) is 2. The topological polar surface area (TPSA) is 56.6 Å². The Morgan fingerprint density at radius 1 is 1.36 bits per heavy atom. The number of nitrogens with one attached hydrogen (secondary N) is 1. The number of nitrogens with zero attached hydrogens (tertiary/aromatic N) is 1. The number of aromatic amines is 1. The van der Waals surface area contributed by atoms with Crippen molar-refractivity contribution in [2.24, 2.45) is 0 Å². The van der Waals surface area contributed by atoms with Gasteiger partial charge in [-0.2, -0.15) is 5.26 Å². The highest BCUT2D eigenvalue weighted by Crippen LogP contribution is 2.16. The summed E-state index contributed by atoms with van der Waals surface area (Å²) in [6.45, 7) is 0. The van der Waals surface area contributed by atoms with Gasteiger partial charge in [0.1, 0.15) is 11.8 Å². The molecule has 0 amide bonds. The fourth-order valence-corrected chi connectivity index (χ4v) is 1.48. The van der Waals surface area contributed by atoms with Crippen molar-refractivity contribution < 1.29 is 0 Å². The second-order valence-electron chi connectivity index (χ2n) is 2.86. The molecular weight excluding hydrogens is 200 g/mol. The van der Waals surface area contributed by atoms with E-state index in [0.29, 0.717) is 15.8 Å². The Morgan fingerprint density at radius 2 is 2.14 bits per heavy atom. The van der Waals surface area contributed by atoms with E-state index in [9.17, 15) is 4.79 Å². The number of aromatic nitrogens is 1. The third kappa shape index (κ3) is 1.36. The molecule has 0 aliphatic rings. The first-order valence-corrected chi connectivity index (χ1v) is 4.31. The zero-order valence-corrected chi connectivity index (χ0v) is 7.80. The number of benzene rings is 1. The van der Waals surface area contributed by atoms with Crippen LogP contribution in [-0.4, -0.2) is 4.98 Å². The van der Waals surface area contributed by atoms with Gasteiger partial charge in [0.15, 0.2) is 0 Å². The minimum absolute atomic E-state index is 0.241. The lowest BCUT2D eigenvalue weighted by Gasteiger charge is -1.97. The fourth-order valence-electron chi connectivity index (χ4n) is 1.30. The number of nitriles is 1. The van der Waals surface area contributed by atoms with Gasteiger partial charge in [-0.05, 0) is 29.7 Å². The lowest BCUT2D eigenvalue weighted by Crippen LogP contribution is -2.07. The zero-order chi connectivity index (χ0) is 10.1. The molecule has 0 aliphatic heterocycles. The highest BCUT2D eigenvalue weighted by Gasteiger charge is 2.01. The van der Waals surface area contributed by atoms with Gasteiger partial charge in [-0.1, -0.05) is 11.6 Å². The van der Waals surface area contributed by atoms with Gasteiger partial charge in [-0.3, -0.25) is 4.79 Å². The summed E-state index contributed by atoms with van der Waals surface area (Å²) in [4.78, 5) is 13.9. The quantitative estimate of drug-likeness (QED) is 0.714. The predicted octanol–water partition coefficient (Wildman–Crippen LogP) is 2.05. The Morgan fingerprint density at radius 3 is 2.86 bits per heavy atom. The van der Waals surface area contributed by atoms with Crippen molar-refractivity contribution >= 4 is 22.4 Å². The lowest BCUT2D eigenvalue weighted by molar-refractivity contribution is 1.23. The van der Waals surface area contributed by atoms with Gasteiger partial charge in [0, 0.05) is 10.4 Å². The van der Waals surface area contributed by atoms with Crippen molar-refractivity contribution in [3.05, 3.63) is 45.3 Å². The number of H-pyrrole nitrogens is 1. The summed E-state index contributed by atoms with van der Waals surface area (Å²) in [6.07, 6.45) is 0. The summed E-state index contributed by atoms with van der Waals surface area (Å²) in [7, 11) is 0. The Hall–Kier alpha value is -1.79. The second kappa shape index (κ2) is 3.17. The van der Waals surface area contributed by atoms with E-state index < -0.39 is 0 Å². The van der Waals surface area contributed by atoms with Gasteiger partial charge in [-0.15, -0.1) is 0 Å². The third-order valence-electron chi connectivity index (χ3n) is 1.93. The van der Waals surface area contributed by atoms with Gasteiger partial charge in [0.25, 0.3) is 5.56 Å². The van der Waals surface area contributed by atoms with Crippen molar-refractivity contribution in [1.82, 2.24) is 4.98 Å². The maximum absolute atomic E-state index is 11.4. The summed E-state index contributed by atoms with van der Waals surface area (Å²) in [6, 6.07) is 8.42. The number of pyridine rings is 1. The first-order valence-electron chi connectivity index (χ1n) is 3.93. The van der Waals surface area contributed by atoms with Crippen molar-refractivity contribution in [3.63, 3.8) is 0 Å². The lowest BCUT2D eigenvalue weighted by atomic mass is 10.1. The van der Waals surface area contributed by atoms with Crippen LogP contribution in [0.3, 0.4) is 0 Å². The van der Waals surface area contributed by atoms with Crippen LogP contribution in [0.25, 0.3) is 10.8 Å². The van der Waals surface area contributed by atoms with E-state index in [-0.39, 0.29) is 11.3 Å². The summed E-state index contributed by atoms with van der Waals surface area (Å²) in [5, 5.41) is 10.4. The van der Waals surface area contributed by atoms with Crippen molar-refractivity contribution in [2.75, 3.05) is 0 Å². The molecule has 0 unspecified atom stereocenters. The molecule has 0 radical (unpaired) electrons. The Bertz CT molecular complexity index is 595. The van der Waals surface area contributed by atoms with Gasteiger partial charge in [-0.25, -0.2) is 0 Å². The second-order valence-corrected chi connectivity index (χ2v) is 3.29. The molecule has 4 heteroatoms. The molecule has 68 valence electrons. The van der Waals surface area contributed by atoms with Crippen LogP contribution in [0.2, 0.25) is 5.02 Å². The fraction of sp³-hybridized carbons (Fsp3) is 0. The van der Waals surface area contributed by atoms with Crippen molar-refractivity contribution in [2.45, 2.75) is 0 Å². The van der Waals surface area contributed by atoms with Crippen LogP contribution in [0.5, 0.6) is 0 Å². The Balaban J connectivity index is 2.92. The Kier molecular flexibility index (Phi) is 1.99. The Labute approximate surface area is 84.6 Å². The average Bonchev–Trinajstić information content (AvgIpc) is 2.16. The third-order valence-corrected chi connectivity index (χ3v) is 2.16. The summed E-state index contributed by atoms with van der Waals surface area (Å²) in [5.74, 6) is 0. The molecule has 1 heterocycles. The first kappa shape index (κ1) is 8.79. The van der Waals surface area contributed by atoms with E-state index in [1.807, 2.05) is 6.07 Å². The zero-order valence-electron chi connectivity index (χ0n) is 7.04. The summed E-state index contributed by atoms with van der Waals surface area (Å²) in [5.41, 5.74) is -0.0273. The number of rotatable bonds is 0. The molecule has 0 atom stereocenters. The monoisotopic (exact) mass is 204 g/mol. The summed E-state index contributed by atoms with van der Waals surface area (Å²) < 4.78 is 0. The van der Waals surface area contributed by atoms with Gasteiger partial charge in [0.2, 0.25) is 0 Å². The van der Waals surface area contributed by atoms with Gasteiger partial charge < -0.3 is 4.98 Å². The van der Waals surface area contributed by atoms with Crippen LogP contribution in [0.1, 0.15) is 5.69 Å². The maximum atomic E-state index is 11.4. The minimum Gasteiger partial charge on any atom is -0.313 e. The highest BCUT2D eigenvalue weighted by molar-refractivity contribution is 6.31. The molecule has 3 nitrogen and oxygen atoms in total. The van der Waals surface area contributed by atoms with Crippen molar-refractivity contribution in [1.29, 1.82) is 5.26 Å². The molecule has 1 aromatic carbocycles. The molecule has 0 aliphatic carbocycles. The van der Waals surface area contributed by atoms with E-state index >= 15 is 0 Å². The smallest absolute Gasteiger partial charge is 0.256 e. The number of fused-ring (bicyclic) bond motifs is 1. The van der Waals surface area contributed by atoms with Crippen LogP contribution in [0.15, 0.2) is 29.1 Å². The molecule has 2 aromatic rings. The molecule has 14 heavy (non-hydrogen) atoms. The summed E-state index contributed by atoms with van der Waals surface area (Å²) >= 11 is 5.77. The van der Waals surface area contributed by atoms with E-state index in [1.54, 1.807) is 24.3 Å². The van der Waals surface area contributed by atoms with Crippen LogP contribution in [-0.2, 0) is 0 Å². The van der Waals surface area contributed by atoms with E-state index in [1.165, 1.54) is 0 Å². The molecule has 1 N–H and O–H groups in total. The van der Waals surface area contributed by atoms with E-state index in [2.05, 4.69) is 4.98 Å². The van der Waals surface area contributed by atoms with Crippen LogP contribution < -0.4 is 5.56 Å². The normalized spacial score (nSPS) is 10.0. The minimum atomic E-state index is -0.268. The number of hydrogen-bond donors (Lipinski definition) is 1. The predicted molar refractivity (Wildman–Crippen MR) is 54.3 cm³/mol. The molecule has 0 saturated carbocycles. The molecule has 0 saturated heterocycles. The van der Waals surface area contributed by atoms with Gasteiger partial charge >= 0.3 is 0 Å². The van der Waals surface area contributed by atoms with E-state index in [4.69, 9.17) is 16.9 Å². The van der Waals surface area contributed by atoms with Gasteiger partial charge in [0.05, 0.1) is 0 Å². The molecule has 2 rings (SSSR count). The molecule has 1 aromatic heterocycles. The largest absolute Gasteiger partial charge is 0.313 e. The van der Waals surface area contributed by atoms with Crippen LogP contribution in [0.4, 0.5) is 0 Å². The highest BCUT2D eigenvalue weighted by atomic mass is 35.5. The standard InChI is InChI=1S/C10H5ClN2O/c11-7-1-2-9-6(3-7)4-8(5-12)13-10(9)14/h1-4H,(H,13,14). The number of halogens is 1.